The predicted molar refractivity (Wildman–Crippen MR) is 232 cm³/mol. The van der Waals surface area contributed by atoms with E-state index in [1.807, 2.05) is 55.5 Å². The number of hydrogen-bond donors (Lipinski definition) is 0. The molecule has 0 fully saturated rings. The van der Waals surface area contributed by atoms with Crippen LogP contribution in [0.3, 0.4) is 0 Å². The number of aromatic nitrogens is 1. The summed E-state index contributed by atoms with van der Waals surface area (Å²) in [5, 5.41) is 26.1. The first-order valence-corrected chi connectivity index (χ1v) is 18.8. The van der Waals surface area contributed by atoms with Gasteiger partial charge in [-0.2, -0.15) is 10.5 Å². The van der Waals surface area contributed by atoms with Gasteiger partial charge >= 0.3 is 0 Å². The Kier molecular flexibility index (Phi) is 7.92. The van der Waals surface area contributed by atoms with E-state index in [2.05, 4.69) is 138 Å². The van der Waals surface area contributed by atoms with Crippen molar-refractivity contribution in [2.75, 3.05) is 11.9 Å². The maximum atomic E-state index is 9.86. The summed E-state index contributed by atoms with van der Waals surface area (Å²) in [6.07, 6.45) is 6.01. The lowest BCUT2D eigenvalue weighted by molar-refractivity contribution is 0.575. The highest BCUT2D eigenvalue weighted by Gasteiger charge is 2.25. The number of allylic oxidation sites excluding steroid dienone is 2. The molecule has 6 nitrogen and oxygen atoms in total. The molecule has 57 heavy (non-hydrogen) atoms. The summed E-state index contributed by atoms with van der Waals surface area (Å²) in [4.78, 5) is 7.57. The molecule has 9 aromatic rings. The lowest BCUT2D eigenvalue weighted by Crippen LogP contribution is -2.33. The predicted octanol–water partition coefficient (Wildman–Crippen LogP) is 10.5. The smallest absolute Gasteiger partial charge is 0.145 e. The van der Waals surface area contributed by atoms with Gasteiger partial charge in [0.1, 0.15) is 16.8 Å². The average molecular weight is 732 g/mol. The quantitative estimate of drug-likeness (QED) is 0.180. The zero-order chi connectivity index (χ0) is 38.6. The summed E-state index contributed by atoms with van der Waals surface area (Å²) in [6, 6.07) is 54.2. The van der Waals surface area contributed by atoms with Crippen LogP contribution in [0.25, 0.3) is 72.3 Å². The molecule has 0 N–H and O–H groups in total. The lowest BCUT2D eigenvalue weighted by Gasteiger charge is -2.28. The van der Waals surface area contributed by atoms with Crippen LogP contribution in [0.15, 0.2) is 167 Å². The van der Waals surface area contributed by atoms with E-state index in [1.54, 1.807) is 6.07 Å². The first kappa shape index (κ1) is 33.6. The van der Waals surface area contributed by atoms with Gasteiger partial charge in [0.2, 0.25) is 0 Å². The minimum atomic E-state index is 0.442. The fourth-order valence-corrected chi connectivity index (χ4v) is 8.31. The maximum absolute atomic E-state index is 9.86. The van der Waals surface area contributed by atoms with Gasteiger partial charge in [0.25, 0.3) is 0 Å². The van der Waals surface area contributed by atoms with E-state index in [4.69, 9.17) is 9.41 Å². The lowest BCUT2D eigenvalue weighted by atomic mass is 9.97. The molecular formula is C51H33N5O. The van der Waals surface area contributed by atoms with Gasteiger partial charge in [0.05, 0.1) is 50.9 Å². The summed E-state index contributed by atoms with van der Waals surface area (Å²) in [5.41, 5.74) is 11.3. The van der Waals surface area contributed by atoms with Crippen LogP contribution < -0.4 is 15.5 Å². The second-order valence-corrected chi connectivity index (χ2v) is 14.2. The van der Waals surface area contributed by atoms with Gasteiger partial charge in [-0.15, -0.1) is 0 Å². The summed E-state index contributed by atoms with van der Waals surface area (Å²) < 4.78 is 8.78. The number of para-hydroxylation sites is 1. The molecule has 7 aromatic carbocycles. The Bertz CT molecular complexity index is 3370. The van der Waals surface area contributed by atoms with Crippen LogP contribution in [0, 0.1) is 22.7 Å². The van der Waals surface area contributed by atoms with Crippen molar-refractivity contribution in [1.82, 2.24) is 4.57 Å². The molecule has 0 atom stereocenters. The third-order valence-electron chi connectivity index (χ3n) is 10.9. The van der Waals surface area contributed by atoms with Crippen LogP contribution >= 0.6 is 0 Å². The molecule has 3 heterocycles. The van der Waals surface area contributed by atoms with Crippen molar-refractivity contribution < 1.29 is 4.42 Å². The van der Waals surface area contributed by atoms with Crippen LogP contribution in [0.1, 0.15) is 29.2 Å². The Balaban J connectivity index is 1.25. The van der Waals surface area contributed by atoms with Gasteiger partial charge in [-0.05, 0) is 89.5 Å². The molecule has 0 bridgehead atoms. The molecule has 0 saturated heterocycles. The van der Waals surface area contributed by atoms with Crippen molar-refractivity contribution in [3.05, 3.63) is 191 Å². The summed E-state index contributed by atoms with van der Waals surface area (Å²) >= 11 is 0. The first-order chi connectivity index (χ1) is 28.0. The monoisotopic (exact) mass is 731 g/mol. The SMILES string of the molecule is C\C=C/C=c1/oc2ccc(-c3ccc4c(c3)c3c5ccccc5ccc3n4-c3cc(C#N)cc(C#N)c3)cc2/c1=C1\N=C(c2ccccc2)c2ccccc2N1C. The first-order valence-electron chi connectivity index (χ1n) is 18.8. The molecule has 0 unspecified atom stereocenters. The summed E-state index contributed by atoms with van der Waals surface area (Å²) in [6.45, 7) is 2.00. The average Bonchev–Trinajstić information content (AvgIpc) is 3.80. The van der Waals surface area contributed by atoms with E-state index >= 15 is 0 Å². The number of furan rings is 1. The van der Waals surface area contributed by atoms with Gasteiger partial charge in [0, 0.05) is 40.0 Å². The second-order valence-electron chi connectivity index (χ2n) is 14.2. The molecule has 2 aromatic heterocycles. The van der Waals surface area contributed by atoms with Gasteiger partial charge in [-0.3, -0.25) is 0 Å². The molecule has 10 rings (SSSR count). The normalized spacial score (nSPS) is 14.1. The van der Waals surface area contributed by atoms with Crippen molar-refractivity contribution in [3.8, 4) is 29.0 Å². The van der Waals surface area contributed by atoms with Crippen LogP contribution in [0.5, 0.6) is 0 Å². The summed E-state index contributed by atoms with van der Waals surface area (Å²) in [5.74, 6) is 0.806. The standard InChI is InChI=1S/C51H33N5O/c1-3-4-18-47-49(51-54-50(35-13-6-5-7-14-35)40-16-10-11-17-43(40)55(51)2)42-29-37(21-24-46(42)57-47)36-20-22-44-41(28-36)48-39-15-9-8-12-34(39)19-23-45(48)56(44)38-26-32(30-52)25-33(27-38)31-53/h3-29H,1-2H3/b4-3-,47-18+,51-49-. The van der Waals surface area contributed by atoms with Crippen molar-refractivity contribution in [1.29, 1.82) is 10.5 Å². The summed E-state index contributed by atoms with van der Waals surface area (Å²) in [7, 11) is 2.07. The Morgan fingerprint density at radius 2 is 1.35 bits per heavy atom. The van der Waals surface area contributed by atoms with Crippen molar-refractivity contribution in [2.45, 2.75) is 6.92 Å². The van der Waals surface area contributed by atoms with E-state index in [9.17, 15) is 10.5 Å². The molecule has 6 heteroatoms. The number of anilines is 1. The van der Waals surface area contributed by atoms with E-state index in [-0.39, 0.29) is 0 Å². The van der Waals surface area contributed by atoms with E-state index in [0.717, 1.165) is 99.3 Å². The Hall–Kier alpha value is -7.93. The topological polar surface area (TPSA) is 81.2 Å². The zero-order valence-electron chi connectivity index (χ0n) is 31.2. The number of fused-ring (bicyclic) bond motifs is 7. The molecule has 1 aliphatic heterocycles. The fraction of sp³-hybridized carbons (Fsp3) is 0.0392. The zero-order valence-corrected chi connectivity index (χ0v) is 31.2. The number of nitrogens with zero attached hydrogens (tertiary/aromatic N) is 5. The van der Waals surface area contributed by atoms with Crippen molar-refractivity contribution in [3.63, 3.8) is 0 Å². The molecule has 1 aliphatic rings. The van der Waals surface area contributed by atoms with Gasteiger partial charge < -0.3 is 13.9 Å². The molecule has 0 saturated carbocycles. The van der Waals surface area contributed by atoms with Crippen LogP contribution in [0.2, 0.25) is 0 Å². The van der Waals surface area contributed by atoms with Crippen LogP contribution in [0.4, 0.5) is 5.69 Å². The van der Waals surface area contributed by atoms with Gasteiger partial charge in [-0.1, -0.05) is 103 Å². The van der Waals surface area contributed by atoms with E-state index in [1.165, 1.54) is 0 Å². The molecule has 0 spiro atoms. The number of hydrogen-bond acceptors (Lipinski definition) is 5. The highest BCUT2D eigenvalue weighted by molar-refractivity contribution is 6.22. The Labute approximate surface area is 328 Å². The highest BCUT2D eigenvalue weighted by Crippen LogP contribution is 2.39. The maximum Gasteiger partial charge on any atom is 0.145 e. The number of benzene rings is 7. The van der Waals surface area contributed by atoms with E-state index < -0.39 is 0 Å². The highest BCUT2D eigenvalue weighted by atomic mass is 16.3. The number of nitriles is 2. The van der Waals surface area contributed by atoms with Gasteiger partial charge in [-0.25, -0.2) is 4.99 Å². The van der Waals surface area contributed by atoms with Crippen molar-refractivity contribution in [2.24, 2.45) is 4.99 Å². The van der Waals surface area contributed by atoms with E-state index in [0.29, 0.717) is 11.1 Å². The van der Waals surface area contributed by atoms with Gasteiger partial charge in [0.15, 0.2) is 0 Å². The van der Waals surface area contributed by atoms with Crippen LogP contribution in [-0.4, -0.2) is 17.3 Å². The third kappa shape index (κ3) is 5.43. The van der Waals surface area contributed by atoms with Crippen molar-refractivity contribution >= 4 is 66.8 Å². The fourth-order valence-electron chi connectivity index (χ4n) is 8.31. The molecular weight excluding hydrogens is 699 g/mol. The third-order valence-corrected chi connectivity index (χ3v) is 10.9. The van der Waals surface area contributed by atoms with Crippen LogP contribution in [-0.2, 0) is 0 Å². The second kappa shape index (κ2) is 13.4. The number of aliphatic imine (C=N–C) groups is 1. The molecule has 0 aliphatic carbocycles. The largest absolute Gasteiger partial charge is 0.456 e. The molecule has 268 valence electrons. The Morgan fingerprint density at radius 1 is 0.649 bits per heavy atom. The molecule has 0 amide bonds. The number of rotatable bonds is 4. The minimum Gasteiger partial charge on any atom is -0.456 e. The molecule has 0 radical (unpaired) electrons. The minimum absolute atomic E-state index is 0.442. The Morgan fingerprint density at radius 3 is 2.14 bits per heavy atom.